The Balaban J connectivity index is 0.00000192. The summed E-state index contributed by atoms with van der Waals surface area (Å²) >= 11 is 0. The molecule has 122 valence electrons. The molecular weight excluding hydrogens is 312 g/mol. The lowest BCUT2D eigenvalue weighted by Crippen LogP contribution is -2.48. The Morgan fingerprint density at radius 2 is 1.96 bits per heavy atom. The Morgan fingerprint density at radius 3 is 2.52 bits per heavy atom. The van der Waals surface area contributed by atoms with E-state index in [2.05, 4.69) is 20.6 Å². The summed E-state index contributed by atoms with van der Waals surface area (Å²) < 4.78 is 0. The summed E-state index contributed by atoms with van der Waals surface area (Å²) in [5, 5.41) is 6.17. The topological polar surface area (TPSA) is 66.9 Å². The van der Waals surface area contributed by atoms with Crippen molar-refractivity contribution >= 4 is 24.0 Å². The molecule has 0 aliphatic carbocycles. The lowest BCUT2D eigenvalue weighted by atomic mass is 9.88. The van der Waals surface area contributed by atoms with Gasteiger partial charge in [0.05, 0.1) is 0 Å². The second kappa shape index (κ2) is 7.53. The summed E-state index contributed by atoms with van der Waals surface area (Å²) in [4.78, 5) is 20.8. The third kappa shape index (κ3) is 4.06. The van der Waals surface area contributed by atoms with Crippen LogP contribution in [-0.2, 0) is 4.79 Å². The molecule has 1 unspecified atom stereocenters. The number of nitrogens with one attached hydrogen (secondary N) is 2. The Hall–Kier alpha value is -1.98. The average molecular weight is 333 g/mol. The van der Waals surface area contributed by atoms with Gasteiger partial charge in [-0.1, -0.05) is 6.92 Å². The van der Waals surface area contributed by atoms with E-state index in [0.29, 0.717) is 11.7 Å². The molecule has 1 aliphatic rings. The minimum Gasteiger partial charge on any atom is -0.326 e. The summed E-state index contributed by atoms with van der Waals surface area (Å²) in [5.74, 6) is 1.25. The van der Waals surface area contributed by atoms with Crippen LogP contribution in [0.15, 0.2) is 36.5 Å². The molecule has 1 aromatic heterocycles. The predicted octanol–water partition coefficient (Wildman–Crippen LogP) is 2.67. The van der Waals surface area contributed by atoms with Crippen LogP contribution < -0.4 is 10.6 Å². The van der Waals surface area contributed by atoms with E-state index in [9.17, 15) is 4.79 Å². The van der Waals surface area contributed by atoms with Crippen molar-refractivity contribution in [1.29, 1.82) is 0 Å². The van der Waals surface area contributed by atoms with E-state index in [0.717, 1.165) is 30.0 Å². The van der Waals surface area contributed by atoms with E-state index in [-0.39, 0.29) is 24.2 Å². The van der Waals surface area contributed by atoms with Crippen molar-refractivity contribution in [1.82, 2.24) is 15.3 Å². The highest BCUT2D eigenvalue weighted by Gasteiger charge is 2.28. The molecule has 6 heteroatoms. The zero-order valence-corrected chi connectivity index (χ0v) is 14.1. The first-order chi connectivity index (χ1) is 10.6. The number of halogens is 1. The molecule has 0 saturated carbocycles. The molecule has 0 spiro atoms. The number of hydrogen-bond acceptors (Lipinski definition) is 4. The van der Waals surface area contributed by atoms with Gasteiger partial charge < -0.3 is 10.6 Å². The van der Waals surface area contributed by atoms with Crippen molar-refractivity contribution in [2.45, 2.75) is 13.8 Å². The highest BCUT2D eigenvalue weighted by molar-refractivity contribution is 5.92. The molecule has 0 radical (unpaired) electrons. The summed E-state index contributed by atoms with van der Waals surface area (Å²) in [5.41, 5.74) is 2.68. The predicted molar refractivity (Wildman–Crippen MR) is 93.6 cm³/mol. The highest BCUT2D eigenvalue weighted by atomic mass is 35.5. The number of aryl methyl sites for hydroxylation is 1. The molecular formula is C17H21ClN4O. The largest absolute Gasteiger partial charge is 0.326 e. The number of rotatable bonds is 4. The van der Waals surface area contributed by atoms with E-state index in [4.69, 9.17) is 0 Å². The Labute approximate surface area is 142 Å². The molecule has 2 N–H and O–H groups in total. The van der Waals surface area contributed by atoms with Gasteiger partial charge in [0, 0.05) is 29.1 Å². The molecule has 3 rings (SSSR count). The molecule has 2 heterocycles. The number of amides is 1. The fourth-order valence-corrected chi connectivity index (χ4v) is 2.43. The van der Waals surface area contributed by atoms with Gasteiger partial charge in [0.15, 0.2) is 5.82 Å². The van der Waals surface area contributed by atoms with Crippen LogP contribution in [0.2, 0.25) is 0 Å². The Kier molecular flexibility index (Phi) is 5.69. The monoisotopic (exact) mass is 332 g/mol. The van der Waals surface area contributed by atoms with Crippen LogP contribution in [0.1, 0.15) is 12.6 Å². The van der Waals surface area contributed by atoms with Crippen LogP contribution in [0.4, 0.5) is 5.69 Å². The van der Waals surface area contributed by atoms with E-state index in [1.807, 2.05) is 44.2 Å². The molecule has 0 bridgehead atoms. The van der Waals surface area contributed by atoms with E-state index >= 15 is 0 Å². The molecule has 1 aromatic carbocycles. The first kappa shape index (κ1) is 17.4. The van der Waals surface area contributed by atoms with Gasteiger partial charge in [-0.3, -0.25) is 4.79 Å². The van der Waals surface area contributed by atoms with Crippen molar-refractivity contribution in [3.63, 3.8) is 0 Å². The zero-order chi connectivity index (χ0) is 15.5. The Bertz CT molecular complexity index is 671. The van der Waals surface area contributed by atoms with Crippen LogP contribution in [0.3, 0.4) is 0 Å². The van der Waals surface area contributed by atoms with Crippen molar-refractivity contribution < 1.29 is 4.79 Å². The number of carbonyl (C=O) groups is 1. The van der Waals surface area contributed by atoms with Gasteiger partial charge in [0.2, 0.25) is 5.91 Å². The van der Waals surface area contributed by atoms with Crippen LogP contribution >= 0.6 is 12.4 Å². The summed E-state index contributed by atoms with van der Waals surface area (Å²) in [7, 11) is 0. The van der Waals surface area contributed by atoms with E-state index in [1.54, 1.807) is 6.20 Å². The molecule has 1 saturated heterocycles. The minimum atomic E-state index is 0. The second-order valence-corrected chi connectivity index (χ2v) is 5.80. The smallest absolute Gasteiger partial charge is 0.227 e. The second-order valence-electron chi connectivity index (χ2n) is 5.80. The maximum Gasteiger partial charge on any atom is 0.227 e. The van der Waals surface area contributed by atoms with Gasteiger partial charge in [0.25, 0.3) is 0 Å². The zero-order valence-electron chi connectivity index (χ0n) is 13.2. The standard InChI is InChI=1S/C17H20N4O.ClH/c1-11-7-8-19-16(20-11)13-3-5-15(6-4-13)21-17(22)12(2)14-9-18-10-14;/h3-8,12,14,18H,9-10H2,1-2H3,(H,21,22);1H. The lowest BCUT2D eigenvalue weighted by Gasteiger charge is -2.31. The summed E-state index contributed by atoms with van der Waals surface area (Å²) in [6, 6.07) is 9.52. The fraction of sp³-hybridized carbons (Fsp3) is 0.353. The van der Waals surface area contributed by atoms with Gasteiger partial charge >= 0.3 is 0 Å². The third-order valence-corrected chi connectivity index (χ3v) is 4.14. The molecule has 1 fully saturated rings. The normalized spacial score (nSPS) is 15.2. The molecule has 1 amide bonds. The van der Waals surface area contributed by atoms with Crippen molar-refractivity contribution in [2.75, 3.05) is 18.4 Å². The maximum absolute atomic E-state index is 12.2. The number of nitrogens with zero attached hydrogens (tertiary/aromatic N) is 2. The van der Waals surface area contributed by atoms with Crippen molar-refractivity contribution in [3.05, 3.63) is 42.2 Å². The van der Waals surface area contributed by atoms with Crippen LogP contribution in [0.25, 0.3) is 11.4 Å². The van der Waals surface area contributed by atoms with Crippen LogP contribution in [0, 0.1) is 18.8 Å². The van der Waals surface area contributed by atoms with Gasteiger partial charge in [0.1, 0.15) is 0 Å². The first-order valence-electron chi connectivity index (χ1n) is 7.55. The van der Waals surface area contributed by atoms with Gasteiger partial charge in [-0.05, 0) is 56.3 Å². The van der Waals surface area contributed by atoms with Crippen molar-refractivity contribution in [2.24, 2.45) is 11.8 Å². The molecule has 2 aromatic rings. The first-order valence-corrected chi connectivity index (χ1v) is 7.55. The fourth-order valence-electron chi connectivity index (χ4n) is 2.43. The molecule has 5 nitrogen and oxygen atoms in total. The summed E-state index contributed by atoms with van der Waals surface area (Å²) in [6.45, 7) is 5.78. The molecule has 1 aliphatic heterocycles. The van der Waals surface area contributed by atoms with E-state index in [1.165, 1.54) is 0 Å². The quantitative estimate of drug-likeness (QED) is 0.903. The highest BCUT2D eigenvalue weighted by Crippen LogP contribution is 2.21. The van der Waals surface area contributed by atoms with Crippen molar-refractivity contribution in [3.8, 4) is 11.4 Å². The molecule has 1 atom stereocenters. The third-order valence-electron chi connectivity index (χ3n) is 4.14. The van der Waals surface area contributed by atoms with Gasteiger partial charge in [-0.2, -0.15) is 0 Å². The SMILES string of the molecule is Cc1ccnc(-c2ccc(NC(=O)C(C)C3CNC3)cc2)n1.Cl. The number of benzene rings is 1. The van der Waals surface area contributed by atoms with Crippen LogP contribution in [0.5, 0.6) is 0 Å². The number of carbonyl (C=O) groups excluding carboxylic acids is 1. The molecule has 23 heavy (non-hydrogen) atoms. The maximum atomic E-state index is 12.2. The average Bonchev–Trinajstić information content (AvgIpc) is 2.46. The van der Waals surface area contributed by atoms with E-state index < -0.39 is 0 Å². The Morgan fingerprint density at radius 1 is 1.26 bits per heavy atom. The number of anilines is 1. The van der Waals surface area contributed by atoms with Crippen LogP contribution in [-0.4, -0.2) is 29.0 Å². The van der Waals surface area contributed by atoms with Gasteiger partial charge in [-0.25, -0.2) is 9.97 Å². The number of aromatic nitrogens is 2. The summed E-state index contributed by atoms with van der Waals surface area (Å²) in [6.07, 6.45) is 1.75. The van der Waals surface area contributed by atoms with Gasteiger partial charge in [-0.15, -0.1) is 12.4 Å². The lowest BCUT2D eigenvalue weighted by molar-refractivity contribution is -0.121. The number of hydrogen-bond donors (Lipinski definition) is 2. The minimum absolute atomic E-state index is 0.